The van der Waals surface area contributed by atoms with Crippen molar-refractivity contribution in [2.75, 3.05) is 13.6 Å². The van der Waals surface area contributed by atoms with E-state index in [1.807, 2.05) is 33.9 Å². The van der Waals surface area contributed by atoms with Crippen molar-refractivity contribution in [1.29, 1.82) is 0 Å². The molecule has 0 aliphatic heterocycles. The first-order chi connectivity index (χ1) is 7.52. The summed E-state index contributed by atoms with van der Waals surface area (Å²) >= 11 is 0. The van der Waals surface area contributed by atoms with Crippen molar-refractivity contribution in [3.05, 3.63) is 17.5 Å². The van der Waals surface area contributed by atoms with Gasteiger partial charge in [-0.2, -0.15) is 5.10 Å². The minimum atomic E-state index is -0.00620. The molecule has 0 aliphatic carbocycles. The second-order valence-corrected chi connectivity index (χ2v) is 4.08. The summed E-state index contributed by atoms with van der Waals surface area (Å²) in [5.41, 5.74) is 1.95. The molecule has 5 heteroatoms. The number of aromatic nitrogens is 2. The quantitative estimate of drug-likeness (QED) is 0.752. The van der Waals surface area contributed by atoms with E-state index in [2.05, 4.69) is 15.7 Å². The van der Waals surface area contributed by atoms with Crippen LogP contribution in [0.25, 0.3) is 0 Å². The minimum absolute atomic E-state index is 0.00620. The maximum atomic E-state index is 11.6. The number of nitrogens with one attached hydrogen (secondary N) is 2. The second kappa shape index (κ2) is 5.65. The fourth-order valence-electron chi connectivity index (χ4n) is 1.40. The third kappa shape index (κ3) is 3.66. The molecule has 16 heavy (non-hydrogen) atoms. The Kier molecular flexibility index (Phi) is 4.49. The highest BCUT2D eigenvalue weighted by Crippen LogP contribution is 2.00. The molecule has 0 saturated heterocycles. The van der Waals surface area contributed by atoms with Crippen LogP contribution in [-0.2, 0) is 11.3 Å². The smallest absolute Gasteiger partial charge is 0.241 e. The van der Waals surface area contributed by atoms with E-state index in [1.165, 1.54) is 0 Å². The number of hydrogen-bond donors (Lipinski definition) is 2. The summed E-state index contributed by atoms with van der Waals surface area (Å²) in [6.45, 7) is 6.81. The lowest BCUT2D eigenvalue weighted by atomic mass is 10.3. The Morgan fingerprint density at radius 1 is 1.56 bits per heavy atom. The summed E-state index contributed by atoms with van der Waals surface area (Å²) in [4.78, 5) is 11.6. The maximum absolute atomic E-state index is 11.6. The molecule has 0 saturated carbocycles. The van der Waals surface area contributed by atoms with E-state index in [0.717, 1.165) is 11.4 Å². The van der Waals surface area contributed by atoms with Gasteiger partial charge in [-0.25, -0.2) is 0 Å². The van der Waals surface area contributed by atoms with Crippen LogP contribution < -0.4 is 10.6 Å². The van der Waals surface area contributed by atoms with Crippen LogP contribution in [0.1, 0.15) is 18.3 Å². The monoisotopic (exact) mass is 224 g/mol. The summed E-state index contributed by atoms with van der Waals surface area (Å²) in [6, 6.07) is 2.24. The zero-order chi connectivity index (χ0) is 12.1. The van der Waals surface area contributed by atoms with E-state index in [4.69, 9.17) is 0 Å². The van der Waals surface area contributed by atoms with Gasteiger partial charge in [0, 0.05) is 18.3 Å². The first-order valence-corrected chi connectivity index (χ1v) is 5.48. The van der Waals surface area contributed by atoms with Gasteiger partial charge in [-0.1, -0.05) is 0 Å². The molecule has 0 aliphatic rings. The number of nitrogens with zero attached hydrogens (tertiary/aromatic N) is 2. The van der Waals surface area contributed by atoms with Gasteiger partial charge in [-0.3, -0.25) is 9.48 Å². The highest BCUT2D eigenvalue weighted by atomic mass is 16.2. The van der Waals surface area contributed by atoms with Gasteiger partial charge in [0.05, 0.1) is 5.69 Å². The molecule has 5 nitrogen and oxygen atoms in total. The Bertz CT molecular complexity index is 359. The Balaban J connectivity index is 2.43. The predicted molar refractivity (Wildman–Crippen MR) is 63.2 cm³/mol. The van der Waals surface area contributed by atoms with Crippen molar-refractivity contribution in [2.24, 2.45) is 0 Å². The van der Waals surface area contributed by atoms with Gasteiger partial charge in [0.15, 0.2) is 0 Å². The van der Waals surface area contributed by atoms with E-state index in [1.54, 1.807) is 4.68 Å². The van der Waals surface area contributed by atoms with Crippen LogP contribution >= 0.6 is 0 Å². The van der Waals surface area contributed by atoms with Gasteiger partial charge < -0.3 is 10.6 Å². The number of carbonyl (C=O) groups is 1. The van der Waals surface area contributed by atoms with Gasteiger partial charge in [-0.05, 0) is 33.9 Å². The predicted octanol–water partition coefficient (Wildman–Crippen LogP) is 0.224. The summed E-state index contributed by atoms with van der Waals surface area (Å²) in [5.74, 6) is -0.00620. The molecular weight excluding hydrogens is 204 g/mol. The topological polar surface area (TPSA) is 58.9 Å². The van der Waals surface area contributed by atoms with Gasteiger partial charge in [0.25, 0.3) is 0 Å². The van der Waals surface area contributed by atoms with Crippen LogP contribution in [0.3, 0.4) is 0 Å². The second-order valence-electron chi connectivity index (χ2n) is 4.08. The fourth-order valence-corrected chi connectivity index (χ4v) is 1.40. The van der Waals surface area contributed by atoms with Crippen molar-refractivity contribution >= 4 is 5.91 Å². The SMILES string of the molecule is CNC(C)CNC(=O)Cn1nc(C)cc1C. The normalized spacial score (nSPS) is 12.5. The summed E-state index contributed by atoms with van der Waals surface area (Å²) in [5, 5.41) is 10.2. The standard InChI is InChI=1S/C11H20N4O/c1-8-5-10(3)15(14-8)7-11(16)13-6-9(2)12-4/h5,9,12H,6-7H2,1-4H3,(H,13,16). The van der Waals surface area contributed by atoms with Crippen LogP contribution in [-0.4, -0.2) is 35.3 Å². The Morgan fingerprint density at radius 2 is 2.25 bits per heavy atom. The van der Waals surface area contributed by atoms with Crippen molar-refractivity contribution in [2.45, 2.75) is 33.4 Å². The zero-order valence-electron chi connectivity index (χ0n) is 10.4. The molecule has 1 aromatic rings. The number of amides is 1. The summed E-state index contributed by atoms with van der Waals surface area (Å²) in [7, 11) is 1.87. The third-order valence-corrected chi connectivity index (χ3v) is 2.49. The number of carbonyl (C=O) groups excluding carboxylic acids is 1. The largest absolute Gasteiger partial charge is 0.353 e. The van der Waals surface area contributed by atoms with Crippen LogP contribution in [0.15, 0.2) is 6.07 Å². The van der Waals surface area contributed by atoms with E-state index in [9.17, 15) is 4.79 Å². The Morgan fingerprint density at radius 3 is 2.75 bits per heavy atom. The van der Waals surface area contributed by atoms with Gasteiger partial charge >= 0.3 is 0 Å². The lowest BCUT2D eigenvalue weighted by Gasteiger charge is -2.11. The lowest BCUT2D eigenvalue weighted by Crippen LogP contribution is -2.38. The highest BCUT2D eigenvalue weighted by molar-refractivity contribution is 5.75. The lowest BCUT2D eigenvalue weighted by molar-refractivity contribution is -0.121. The molecule has 0 aromatic carbocycles. The molecule has 0 fully saturated rings. The Labute approximate surface area is 96.2 Å². The van der Waals surface area contributed by atoms with E-state index in [-0.39, 0.29) is 18.5 Å². The molecule has 0 spiro atoms. The molecule has 1 heterocycles. The van der Waals surface area contributed by atoms with Gasteiger partial charge in [0.2, 0.25) is 5.91 Å². The average Bonchev–Trinajstić information content (AvgIpc) is 2.54. The molecule has 1 amide bonds. The van der Waals surface area contributed by atoms with E-state index in [0.29, 0.717) is 6.54 Å². The van der Waals surface area contributed by atoms with Crippen LogP contribution in [0.2, 0.25) is 0 Å². The first kappa shape index (κ1) is 12.7. The molecule has 2 N–H and O–H groups in total. The van der Waals surface area contributed by atoms with Crippen molar-refractivity contribution in [1.82, 2.24) is 20.4 Å². The number of rotatable bonds is 5. The van der Waals surface area contributed by atoms with E-state index >= 15 is 0 Å². The van der Waals surface area contributed by atoms with Crippen molar-refractivity contribution in [3.8, 4) is 0 Å². The van der Waals surface area contributed by atoms with E-state index < -0.39 is 0 Å². The summed E-state index contributed by atoms with van der Waals surface area (Å²) < 4.78 is 1.72. The third-order valence-electron chi connectivity index (χ3n) is 2.49. The van der Waals surface area contributed by atoms with Crippen LogP contribution in [0, 0.1) is 13.8 Å². The number of aryl methyl sites for hydroxylation is 2. The van der Waals surface area contributed by atoms with Gasteiger partial charge in [-0.15, -0.1) is 0 Å². The molecule has 0 bridgehead atoms. The minimum Gasteiger partial charge on any atom is -0.353 e. The molecule has 90 valence electrons. The maximum Gasteiger partial charge on any atom is 0.241 e. The number of likely N-dealkylation sites (N-methyl/N-ethyl adjacent to an activating group) is 1. The summed E-state index contributed by atoms with van der Waals surface area (Å²) in [6.07, 6.45) is 0. The van der Waals surface area contributed by atoms with Crippen molar-refractivity contribution < 1.29 is 4.79 Å². The zero-order valence-corrected chi connectivity index (χ0v) is 10.4. The molecule has 1 aromatic heterocycles. The van der Waals surface area contributed by atoms with Crippen LogP contribution in [0.4, 0.5) is 0 Å². The van der Waals surface area contributed by atoms with Crippen molar-refractivity contribution in [3.63, 3.8) is 0 Å². The van der Waals surface area contributed by atoms with Crippen LogP contribution in [0.5, 0.6) is 0 Å². The molecule has 1 atom stereocenters. The molecular formula is C11H20N4O. The fraction of sp³-hybridized carbons (Fsp3) is 0.636. The Hall–Kier alpha value is -1.36. The number of hydrogen-bond acceptors (Lipinski definition) is 3. The molecule has 0 radical (unpaired) electrons. The highest BCUT2D eigenvalue weighted by Gasteiger charge is 2.07. The molecule has 1 unspecified atom stereocenters. The average molecular weight is 224 g/mol. The van der Waals surface area contributed by atoms with Gasteiger partial charge in [0.1, 0.15) is 6.54 Å². The first-order valence-electron chi connectivity index (χ1n) is 5.48. The molecule has 1 rings (SSSR count).